The van der Waals surface area contributed by atoms with Gasteiger partial charge in [0, 0.05) is 13.1 Å². The van der Waals surface area contributed by atoms with Crippen molar-refractivity contribution in [3.8, 4) is 6.07 Å². The van der Waals surface area contributed by atoms with Crippen molar-refractivity contribution in [3.63, 3.8) is 0 Å². The van der Waals surface area contributed by atoms with Crippen LogP contribution in [0.15, 0.2) is 24.3 Å². The zero-order valence-corrected chi connectivity index (χ0v) is 12.1. The zero-order valence-electron chi connectivity index (χ0n) is 12.1. The molecule has 0 bridgehead atoms. The van der Waals surface area contributed by atoms with Crippen molar-refractivity contribution in [1.82, 2.24) is 4.90 Å². The van der Waals surface area contributed by atoms with Crippen LogP contribution in [0.25, 0.3) is 0 Å². The van der Waals surface area contributed by atoms with Gasteiger partial charge in [-0.3, -0.25) is 4.79 Å². The van der Waals surface area contributed by atoms with E-state index in [0.29, 0.717) is 18.0 Å². The molecule has 1 aliphatic rings. The molecule has 2 rings (SSSR count). The first kappa shape index (κ1) is 14.6. The highest BCUT2D eigenvalue weighted by Crippen LogP contribution is 2.21. The predicted octanol–water partition coefficient (Wildman–Crippen LogP) is 3.28. The molecular formula is C17H22N2O. The summed E-state index contributed by atoms with van der Waals surface area (Å²) in [5.74, 6) is 0.182. The lowest BCUT2D eigenvalue weighted by molar-refractivity contribution is -0.131. The van der Waals surface area contributed by atoms with E-state index in [9.17, 15) is 4.79 Å². The molecule has 1 aromatic rings. The van der Waals surface area contributed by atoms with E-state index in [1.807, 2.05) is 24.1 Å². The van der Waals surface area contributed by atoms with Crippen LogP contribution in [0.5, 0.6) is 0 Å². The Morgan fingerprint density at radius 1 is 1.20 bits per heavy atom. The van der Waals surface area contributed by atoms with Crippen molar-refractivity contribution in [1.29, 1.82) is 5.26 Å². The normalized spacial score (nSPS) is 16.2. The number of likely N-dealkylation sites (N-methyl/N-ethyl adjacent to an activating group) is 1. The third kappa shape index (κ3) is 3.84. The van der Waals surface area contributed by atoms with E-state index in [1.165, 1.54) is 25.7 Å². The molecule has 0 unspecified atom stereocenters. The summed E-state index contributed by atoms with van der Waals surface area (Å²) in [5, 5.41) is 8.77. The van der Waals surface area contributed by atoms with Gasteiger partial charge >= 0.3 is 0 Å². The van der Waals surface area contributed by atoms with Gasteiger partial charge in [0.05, 0.1) is 18.1 Å². The number of hydrogen-bond donors (Lipinski definition) is 0. The van der Waals surface area contributed by atoms with Crippen LogP contribution in [0, 0.1) is 11.3 Å². The van der Waals surface area contributed by atoms with Crippen LogP contribution < -0.4 is 0 Å². The van der Waals surface area contributed by atoms with Gasteiger partial charge in [-0.25, -0.2) is 0 Å². The number of rotatable bonds is 3. The summed E-state index contributed by atoms with van der Waals surface area (Å²) >= 11 is 0. The van der Waals surface area contributed by atoms with E-state index in [4.69, 9.17) is 5.26 Å². The second kappa shape index (κ2) is 7.09. The van der Waals surface area contributed by atoms with Crippen LogP contribution in [0.3, 0.4) is 0 Å². The van der Waals surface area contributed by atoms with Gasteiger partial charge in [0.2, 0.25) is 5.91 Å². The van der Waals surface area contributed by atoms with E-state index in [2.05, 4.69) is 6.07 Å². The van der Waals surface area contributed by atoms with E-state index in [0.717, 1.165) is 18.4 Å². The van der Waals surface area contributed by atoms with E-state index >= 15 is 0 Å². The molecule has 0 N–H and O–H groups in total. The number of hydrogen-bond acceptors (Lipinski definition) is 2. The fourth-order valence-electron chi connectivity index (χ4n) is 2.85. The summed E-state index contributed by atoms with van der Waals surface area (Å²) in [6.07, 6.45) is 7.77. The number of nitrogens with zero attached hydrogens (tertiary/aromatic N) is 2. The standard InChI is InChI=1S/C17H22N2O/c1-19(16-6-4-2-3-5-7-16)17(20)12-14-8-10-15(13-18)11-9-14/h8-11,16H,2-7,12H2,1H3. The molecule has 106 valence electrons. The van der Waals surface area contributed by atoms with Crippen molar-refractivity contribution in [3.05, 3.63) is 35.4 Å². The Kier molecular flexibility index (Phi) is 5.17. The number of amides is 1. The molecule has 1 aliphatic carbocycles. The minimum atomic E-state index is 0.182. The smallest absolute Gasteiger partial charge is 0.226 e. The topological polar surface area (TPSA) is 44.1 Å². The lowest BCUT2D eigenvalue weighted by atomic mass is 10.1. The molecule has 1 amide bonds. The van der Waals surface area contributed by atoms with Crippen LogP contribution in [0.2, 0.25) is 0 Å². The summed E-state index contributed by atoms with van der Waals surface area (Å²) in [4.78, 5) is 14.3. The Morgan fingerprint density at radius 2 is 1.80 bits per heavy atom. The first-order chi connectivity index (χ1) is 9.70. The van der Waals surface area contributed by atoms with Crippen LogP contribution in [0.1, 0.15) is 49.7 Å². The third-order valence-electron chi connectivity index (χ3n) is 4.20. The van der Waals surface area contributed by atoms with Gasteiger partial charge in [0.15, 0.2) is 0 Å². The molecule has 1 saturated carbocycles. The van der Waals surface area contributed by atoms with Gasteiger partial charge in [-0.05, 0) is 30.5 Å². The van der Waals surface area contributed by atoms with E-state index < -0.39 is 0 Å². The maximum Gasteiger partial charge on any atom is 0.226 e. The molecule has 0 radical (unpaired) electrons. The predicted molar refractivity (Wildman–Crippen MR) is 79.1 cm³/mol. The van der Waals surface area contributed by atoms with Gasteiger partial charge in [0.25, 0.3) is 0 Å². The molecule has 0 spiro atoms. The van der Waals surface area contributed by atoms with Crippen LogP contribution in [-0.4, -0.2) is 23.9 Å². The minimum Gasteiger partial charge on any atom is -0.342 e. The van der Waals surface area contributed by atoms with Crippen LogP contribution in [-0.2, 0) is 11.2 Å². The molecule has 1 fully saturated rings. The van der Waals surface area contributed by atoms with Crippen molar-refractivity contribution >= 4 is 5.91 Å². The minimum absolute atomic E-state index is 0.182. The zero-order chi connectivity index (χ0) is 14.4. The van der Waals surface area contributed by atoms with Gasteiger partial charge in [-0.2, -0.15) is 5.26 Å². The number of carbonyl (C=O) groups excluding carboxylic acids is 1. The van der Waals surface area contributed by atoms with Crippen molar-refractivity contribution in [2.24, 2.45) is 0 Å². The molecule has 0 atom stereocenters. The summed E-state index contributed by atoms with van der Waals surface area (Å²) < 4.78 is 0. The Morgan fingerprint density at radius 3 is 2.35 bits per heavy atom. The quantitative estimate of drug-likeness (QED) is 0.791. The second-order valence-corrected chi connectivity index (χ2v) is 5.64. The van der Waals surface area contributed by atoms with Gasteiger partial charge in [-0.1, -0.05) is 37.8 Å². The summed E-state index contributed by atoms with van der Waals surface area (Å²) in [7, 11) is 1.93. The highest BCUT2D eigenvalue weighted by molar-refractivity contribution is 5.78. The number of benzene rings is 1. The molecule has 0 saturated heterocycles. The fourth-order valence-corrected chi connectivity index (χ4v) is 2.85. The van der Waals surface area contributed by atoms with Crippen molar-refractivity contribution in [2.45, 2.75) is 51.0 Å². The van der Waals surface area contributed by atoms with Gasteiger partial charge < -0.3 is 4.90 Å². The molecule has 0 aromatic heterocycles. The molecule has 3 heteroatoms. The largest absolute Gasteiger partial charge is 0.342 e. The monoisotopic (exact) mass is 270 g/mol. The maximum absolute atomic E-state index is 12.3. The average molecular weight is 270 g/mol. The van der Waals surface area contributed by atoms with Crippen molar-refractivity contribution in [2.75, 3.05) is 7.05 Å². The van der Waals surface area contributed by atoms with E-state index in [-0.39, 0.29) is 5.91 Å². The van der Waals surface area contributed by atoms with Gasteiger partial charge in [-0.15, -0.1) is 0 Å². The Bertz CT molecular complexity index is 479. The molecule has 0 aliphatic heterocycles. The third-order valence-corrected chi connectivity index (χ3v) is 4.20. The SMILES string of the molecule is CN(C(=O)Cc1ccc(C#N)cc1)C1CCCCCC1. The highest BCUT2D eigenvalue weighted by atomic mass is 16.2. The first-order valence-electron chi connectivity index (χ1n) is 7.45. The molecule has 0 heterocycles. The fraction of sp³-hybridized carbons (Fsp3) is 0.529. The highest BCUT2D eigenvalue weighted by Gasteiger charge is 2.21. The lowest BCUT2D eigenvalue weighted by Crippen LogP contribution is -2.37. The lowest BCUT2D eigenvalue weighted by Gasteiger charge is -2.27. The van der Waals surface area contributed by atoms with Gasteiger partial charge in [0.1, 0.15) is 0 Å². The number of nitriles is 1. The summed E-state index contributed by atoms with van der Waals surface area (Å²) in [6.45, 7) is 0. The van der Waals surface area contributed by atoms with Crippen LogP contribution >= 0.6 is 0 Å². The number of carbonyl (C=O) groups is 1. The molecule has 3 nitrogen and oxygen atoms in total. The average Bonchev–Trinajstić information content (AvgIpc) is 2.76. The Balaban J connectivity index is 1.94. The van der Waals surface area contributed by atoms with Crippen molar-refractivity contribution < 1.29 is 4.79 Å². The van der Waals surface area contributed by atoms with Crippen LogP contribution in [0.4, 0.5) is 0 Å². The summed E-state index contributed by atoms with van der Waals surface area (Å²) in [6, 6.07) is 9.79. The maximum atomic E-state index is 12.3. The molecule has 20 heavy (non-hydrogen) atoms. The Labute approximate surface area is 121 Å². The summed E-state index contributed by atoms with van der Waals surface area (Å²) in [5.41, 5.74) is 1.62. The Hall–Kier alpha value is -1.82. The second-order valence-electron chi connectivity index (χ2n) is 5.64. The first-order valence-corrected chi connectivity index (χ1v) is 7.45. The molecular weight excluding hydrogens is 248 g/mol. The van der Waals surface area contributed by atoms with E-state index in [1.54, 1.807) is 12.1 Å². The molecule has 1 aromatic carbocycles.